The molecule has 1 aliphatic rings. The lowest BCUT2D eigenvalue weighted by Crippen LogP contribution is -2.37. The highest BCUT2D eigenvalue weighted by Gasteiger charge is 2.41. The van der Waals surface area contributed by atoms with Gasteiger partial charge in [-0.3, -0.25) is 10.1 Å². The average molecular weight is 541 g/mol. The number of aliphatic carboxylic acids is 1. The predicted octanol–water partition coefficient (Wildman–Crippen LogP) is 8.38. The van der Waals surface area contributed by atoms with Gasteiger partial charge in [0.1, 0.15) is 6.10 Å². The first kappa shape index (κ1) is 26.6. The van der Waals surface area contributed by atoms with E-state index >= 15 is 0 Å². The molecule has 0 unspecified atom stereocenters. The highest BCUT2D eigenvalue weighted by molar-refractivity contribution is 7.10. The topological polar surface area (TPSA) is 88.5 Å². The van der Waals surface area contributed by atoms with Crippen molar-refractivity contribution < 1.29 is 19.4 Å². The molecule has 1 aliphatic carbocycles. The maximum absolute atomic E-state index is 12.7. The second-order valence-electron chi connectivity index (χ2n) is 10.2. The first-order chi connectivity index (χ1) is 18.9. The third-order valence-electron chi connectivity index (χ3n) is 7.68. The van der Waals surface area contributed by atoms with Crippen molar-refractivity contribution in [2.45, 2.75) is 57.5 Å². The Morgan fingerprint density at radius 3 is 2.10 bits per heavy atom. The number of hydrogen-bond acceptors (Lipinski definition) is 5. The van der Waals surface area contributed by atoms with E-state index < -0.39 is 17.5 Å². The van der Waals surface area contributed by atoms with Gasteiger partial charge < -0.3 is 9.84 Å². The molecular weight excluding hydrogens is 508 g/mol. The predicted molar refractivity (Wildman–Crippen MR) is 155 cm³/mol. The molecule has 1 aromatic heterocycles. The highest BCUT2D eigenvalue weighted by atomic mass is 32.1. The number of hydrogen-bond donors (Lipinski definition) is 2. The minimum Gasteiger partial charge on any atom is -0.481 e. The summed E-state index contributed by atoms with van der Waals surface area (Å²) in [7, 11) is 0. The van der Waals surface area contributed by atoms with Crippen molar-refractivity contribution in [2.75, 3.05) is 5.32 Å². The van der Waals surface area contributed by atoms with E-state index in [0.29, 0.717) is 18.5 Å². The average Bonchev–Trinajstić information content (AvgIpc) is 3.33. The fourth-order valence-corrected chi connectivity index (χ4v) is 6.23. The molecule has 5 rings (SSSR count). The monoisotopic (exact) mass is 540 g/mol. The molecule has 3 aromatic carbocycles. The van der Waals surface area contributed by atoms with Crippen LogP contribution in [-0.2, 0) is 14.9 Å². The number of carboxylic acids is 1. The lowest BCUT2D eigenvalue weighted by Gasteiger charge is -2.33. The quantitative estimate of drug-likeness (QED) is 0.246. The zero-order valence-corrected chi connectivity index (χ0v) is 23.0. The molecule has 7 heteroatoms. The van der Waals surface area contributed by atoms with Crippen LogP contribution in [0.1, 0.15) is 62.0 Å². The zero-order valence-electron chi connectivity index (χ0n) is 22.1. The first-order valence-corrected chi connectivity index (χ1v) is 14.1. The van der Waals surface area contributed by atoms with E-state index in [-0.39, 0.29) is 6.10 Å². The standard InChI is InChI=1S/C32H32N2O4S/c1-21-28(33-31(37)38-22(2)23-9-5-3-6-10-23)29(39-34-21)26-13-11-24(12-14-26)25-15-17-27(18-16-25)32(30(35)36)19-7-4-8-20-32/h3,5-6,9-18,22H,4,7-8,19-20H2,1-2H3,(H,33,37)(H,35,36)/t22-/m1/s1. The van der Waals surface area contributed by atoms with Crippen molar-refractivity contribution in [2.24, 2.45) is 0 Å². The van der Waals surface area contributed by atoms with E-state index in [1.807, 2.05) is 92.7 Å². The van der Waals surface area contributed by atoms with E-state index in [0.717, 1.165) is 57.7 Å². The number of anilines is 1. The second-order valence-corrected chi connectivity index (χ2v) is 10.9. The van der Waals surface area contributed by atoms with Gasteiger partial charge in [-0.1, -0.05) is 98.1 Å². The molecule has 1 saturated carbocycles. The van der Waals surface area contributed by atoms with Crippen LogP contribution in [0.2, 0.25) is 0 Å². The van der Waals surface area contributed by atoms with E-state index in [1.54, 1.807) is 0 Å². The smallest absolute Gasteiger partial charge is 0.412 e. The molecular formula is C32H32N2O4S. The van der Waals surface area contributed by atoms with Gasteiger partial charge in [-0.25, -0.2) is 4.79 Å². The molecule has 0 radical (unpaired) electrons. The van der Waals surface area contributed by atoms with Crippen LogP contribution in [0, 0.1) is 6.92 Å². The summed E-state index contributed by atoms with van der Waals surface area (Å²) >= 11 is 1.33. The van der Waals surface area contributed by atoms with Gasteiger partial charge in [0.15, 0.2) is 0 Å². The summed E-state index contributed by atoms with van der Waals surface area (Å²) in [6.07, 6.45) is 3.49. The fourth-order valence-electron chi connectivity index (χ4n) is 5.38. The third-order valence-corrected chi connectivity index (χ3v) is 8.66. The van der Waals surface area contributed by atoms with E-state index in [4.69, 9.17) is 4.74 Å². The van der Waals surface area contributed by atoms with Crippen molar-refractivity contribution in [1.29, 1.82) is 0 Å². The van der Waals surface area contributed by atoms with Crippen molar-refractivity contribution in [1.82, 2.24) is 4.37 Å². The Kier molecular flexibility index (Phi) is 7.79. The molecule has 4 aromatic rings. The Morgan fingerprint density at radius 1 is 0.897 bits per heavy atom. The van der Waals surface area contributed by atoms with Gasteiger partial charge in [0.05, 0.1) is 21.7 Å². The molecule has 1 fully saturated rings. The number of benzene rings is 3. The number of aryl methyl sites for hydroxylation is 1. The van der Waals surface area contributed by atoms with Gasteiger partial charge in [-0.2, -0.15) is 4.37 Å². The number of nitrogens with one attached hydrogen (secondary N) is 1. The number of rotatable bonds is 7. The fraction of sp³-hybridized carbons (Fsp3) is 0.281. The zero-order chi connectivity index (χ0) is 27.4. The summed E-state index contributed by atoms with van der Waals surface area (Å²) in [5.74, 6) is -0.720. The summed E-state index contributed by atoms with van der Waals surface area (Å²) in [5, 5.41) is 12.9. The van der Waals surface area contributed by atoms with Crippen LogP contribution in [0.25, 0.3) is 21.6 Å². The van der Waals surface area contributed by atoms with Crippen LogP contribution < -0.4 is 5.32 Å². The van der Waals surface area contributed by atoms with Gasteiger partial charge in [0.2, 0.25) is 0 Å². The van der Waals surface area contributed by atoms with Crippen LogP contribution in [0.3, 0.4) is 0 Å². The Labute approximate surface area is 232 Å². The third kappa shape index (κ3) is 5.59. The summed E-state index contributed by atoms with van der Waals surface area (Å²) < 4.78 is 10.1. The van der Waals surface area contributed by atoms with Crippen LogP contribution >= 0.6 is 11.5 Å². The number of carboxylic acid groups (broad SMARTS) is 1. The second kappa shape index (κ2) is 11.4. The molecule has 39 heavy (non-hydrogen) atoms. The molecule has 2 N–H and O–H groups in total. The Hall–Kier alpha value is -3.97. The van der Waals surface area contributed by atoms with Gasteiger partial charge in [0, 0.05) is 0 Å². The summed E-state index contributed by atoms with van der Waals surface area (Å²) in [6.45, 7) is 3.71. The lowest BCUT2D eigenvalue weighted by atomic mass is 9.69. The van der Waals surface area contributed by atoms with E-state index in [2.05, 4.69) is 9.69 Å². The van der Waals surface area contributed by atoms with Crippen molar-refractivity contribution >= 4 is 29.3 Å². The minimum absolute atomic E-state index is 0.379. The van der Waals surface area contributed by atoms with Gasteiger partial charge in [-0.05, 0) is 66.0 Å². The van der Waals surface area contributed by atoms with Gasteiger partial charge in [0.25, 0.3) is 0 Å². The number of aromatic nitrogens is 1. The molecule has 1 heterocycles. The minimum atomic E-state index is -0.770. The van der Waals surface area contributed by atoms with Crippen LogP contribution in [0.4, 0.5) is 10.5 Å². The molecule has 1 amide bonds. The van der Waals surface area contributed by atoms with Crippen molar-refractivity contribution in [3.63, 3.8) is 0 Å². The Bertz CT molecular complexity index is 1440. The van der Waals surface area contributed by atoms with E-state index in [9.17, 15) is 14.7 Å². The molecule has 0 spiro atoms. The molecule has 200 valence electrons. The van der Waals surface area contributed by atoms with Gasteiger partial charge in [-0.15, -0.1) is 0 Å². The number of carbonyl (C=O) groups excluding carboxylic acids is 1. The summed E-state index contributed by atoms with van der Waals surface area (Å²) in [4.78, 5) is 25.7. The molecule has 6 nitrogen and oxygen atoms in total. The summed E-state index contributed by atoms with van der Waals surface area (Å²) in [6, 6.07) is 25.7. The van der Waals surface area contributed by atoms with Crippen LogP contribution in [0.5, 0.6) is 0 Å². The number of ether oxygens (including phenoxy) is 1. The van der Waals surface area contributed by atoms with Crippen LogP contribution in [-0.4, -0.2) is 21.5 Å². The van der Waals surface area contributed by atoms with Crippen LogP contribution in [0.15, 0.2) is 78.9 Å². The van der Waals surface area contributed by atoms with Crippen molar-refractivity contribution in [3.8, 4) is 21.6 Å². The molecule has 0 bridgehead atoms. The Morgan fingerprint density at radius 2 is 1.49 bits per heavy atom. The molecule has 0 aliphatic heterocycles. The Balaban J connectivity index is 1.31. The number of carbonyl (C=O) groups is 2. The maximum atomic E-state index is 12.7. The maximum Gasteiger partial charge on any atom is 0.412 e. The summed E-state index contributed by atoms with van der Waals surface area (Å²) in [5.41, 5.74) is 5.42. The molecule has 1 atom stereocenters. The first-order valence-electron chi connectivity index (χ1n) is 13.3. The molecule has 0 saturated heterocycles. The number of nitrogens with zero attached hydrogens (tertiary/aromatic N) is 1. The normalized spacial score (nSPS) is 15.3. The van der Waals surface area contributed by atoms with E-state index in [1.165, 1.54) is 11.5 Å². The van der Waals surface area contributed by atoms with Gasteiger partial charge >= 0.3 is 12.1 Å². The SMILES string of the molecule is Cc1nsc(-c2ccc(-c3ccc(C4(C(=O)O)CCCCC4)cc3)cc2)c1NC(=O)O[C@H](C)c1ccccc1. The highest BCUT2D eigenvalue weighted by Crippen LogP contribution is 2.41. The van der Waals surface area contributed by atoms with Crippen molar-refractivity contribution in [3.05, 3.63) is 95.7 Å². The lowest BCUT2D eigenvalue weighted by molar-refractivity contribution is -0.145. The number of amides is 1. The largest absolute Gasteiger partial charge is 0.481 e.